The summed E-state index contributed by atoms with van der Waals surface area (Å²) in [5.41, 5.74) is 5.72. The van der Waals surface area contributed by atoms with E-state index in [1.807, 2.05) is 0 Å². The Labute approximate surface area is 104 Å². The summed E-state index contributed by atoms with van der Waals surface area (Å²) in [5.74, 6) is 0.665. The summed E-state index contributed by atoms with van der Waals surface area (Å²) < 4.78 is 5.27. The van der Waals surface area contributed by atoms with E-state index in [0.29, 0.717) is 18.9 Å². The van der Waals surface area contributed by atoms with Crippen LogP contribution in [0.3, 0.4) is 0 Å². The molecule has 0 aromatic heterocycles. The van der Waals surface area contributed by atoms with E-state index >= 15 is 0 Å². The zero-order valence-corrected chi connectivity index (χ0v) is 11.1. The number of carbonyl (C=O) groups is 1. The second kappa shape index (κ2) is 6.97. The Hall–Kier alpha value is -0.610. The molecule has 0 bridgehead atoms. The molecule has 0 saturated carbocycles. The minimum absolute atomic E-state index is 0.155. The number of nitrogens with one attached hydrogen (secondary N) is 1. The second-order valence-electron chi connectivity index (χ2n) is 5.74. The highest BCUT2D eigenvalue weighted by Gasteiger charge is 2.19. The highest BCUT2D eigenvalue weighted by Crippen LogP contribution is 2.25. The zero-order chi connectivity index (χ0) is 12.7. The molecule has 4 heteroatoms. The first kappa shape index (κ1) is 14.5. The molecule has 0 aromatic carbocycles. The molecule has 1 atom stereocenters. The van der Waals surface area contributed by atoms with Crippen LogP contribution in [0.15, 0.2) is 0 Å². The van der Waals surface area contributed by atoms with Gasteiger partial charge in [0.2, 0.25) is 5.91 Å². The Morgan fingerprint density at radius 3 is 2.82 bits per heavy atom. The Bertz CT molecular complexity index is 236. The molecule has 1 aliphatic rings. The van der Waals surface area contributed by atoms with Crippen LogP contribution in [0.5, 0.6) is 0 Å². The third kappa shape index (κ3) is 6.03. The number of nitrogens with two attached hydrogens (primary N) is 1. The average Bonchev–Trinajstić information content (AvgIpc) is 2.76. The topological polar surface area (TPSA) is 64.4 Å². The molecule has 0 aliphatic carbocycles. The van der Waals surface area contributed by atoms with Crippen molar-refractivity contribution in [3.63, 3.8) is 0 Å². The standard InChI is InChI=1S/C13H26N2O2/c1-13(2,6-7-14)5-3-12(16)15-9-11-4-8-17-10-11/h11H,3-10,14H2,1-2H3,(H,15,16). The molecule has 1 heterocycles. The van der Waals surface area contributed by atoms with Gasteiger partial charge in [0.15, 0.2) is 0 Å². The fraction of sp³-hybridized carbons (Fsp3) is 0.923. The molecule has 1 aliphatic heterocycles. The van der Waals surface area contributed by atoms with Gasteiger partial charge in [0.05, 0.1) is 6.61 Å². The summed E-state index contributed by atoms with van der Waals surface area (Å²) >= 11 is 0. The number of hydrogen-bond donors (Lipinski definition) is 2. The second-order valence-corrected chi connectivity index (χ2v) is 5.74. The first-order chi connectivity index (χ1) is 8.03. The Kier molecular flexibility index (Phi) is 5.92. The van der Waals surface area contributed by atoms with Crippen molar-refractivity contribution < 1.29 is 9.53 Å². The monoisotopic (exact) mass is 242 g/mol. The van der Waals surface area contributed by atoms with E-state index < -0.39 is 0 Å². The number of amides is 1. The first-order valence-corrected chi connectivity index (χ1v) is 6.58. The summed E-state index contributed by atoms with van der Waals surface area (Å²) in [6, 6.07) is 0. The number of carbonyl (C=O) groups excluding carboxylic acids is 1. The van der Waals surface area contributed by atoms with Crippen LogP contribution >= 0.6 is 0 Å². The van der Waals surface area contributed by atoms with Gasteiger partial charge in [-0.15, -0.1) is 0 Å². The molecule has 4 nitrogen and oxygen atoms in total. The predicted octanol–water partition coefficient (Wildman–Crippen LogP) is 1.29. The van der Waals surface area contributed by atoms with Crippen LogP contribution in [0.1, 0.15) is 39.5 Å². The maximum atomic E-state index is 11.7. The lowest BCUT2D eigenvalue weighted by atomic mass is 9.84. The molecule has 1 fully saturated rings. The van der Waals surface area contributed by atoms with Crippen LogP contribution in [0.25, 0.3) is 0 Å². The maximum absolute atomic E-state index is 11.7. The lowest BCUT2D eigenvalue weighted by Crippen LogP contribution is -2.30. The molecule has 0 aromatic rings. The molecule has 1 unspecified atom stereocenters. The van der Waals surface area contributed by atoms with Gasteiger partial charge in [-0.25, -0.2) is 0 Å². The van der Waals surface area contributed by atoms with Gasteiger partial charge in [-0.05, 0) is 31.2 Å². The average molecular weight is 242 g/mol. The van der Waals surface area contributed by atoms with Crippen LogP contribution in [-0.4, -0.2) is 32.2 Å². The number of rotatable bonds is 7. The summed E-state index contributed by atoms with van der Waals surface area (Å²) in [7, 11) is 0. The van der Waals surface area contributed by atoms with Crippen molar-refractivity contribution in [3.05, 3.63) is 0 Å². The molecule has 3 N–H and O–H groups in total. The summed E-state index contributed by atoms with van der Waals surface area (Å²) in [4.78, 5) is 11.7. The highest BCUT2D eigenvalue weighted by molar-refractivity contribution is 5.75. The van der Waals surface area contributed by atoms with Crippen LogP contribution in [0, 0.1) is 11.3 Å². The van der Waals surface area contributed by atoms with Gasteiger partial charge in [-0.3, -0.25) is 4.79 Å². The lowest BCUT2D eigenvalue weighted by Gasteiger charge is -2.23. The van der Waals surface area contributed by atoms with Crippen LogP contribution < -0.4 is 11.1 Å². The van der Waals surface area contributed by atoms with E-state index in [-0.39, 0.29) is 11.3 Å². The number of hydrogen-bond acceptors (Lipinski definition) is 3. The molecule has 17 heavy (non-hydrogen) atoms. The molecule has 100 valence electrons. The van der Waals surface area contributed by atoms with Gasteiger partial charge >= 0.3 is 0 Å². The fourth-order valence-corrected chi connectivity index (χ4v) is 2.06. The van der Waals surface area contributed by atoms with Gasteiger partial charge < -0.3 is 15.8 Å². The van der Waals surface area contributed by atoms with E-state index in [0.717, 1.165) is 39.0 Å². The van der Waals surface area contributed by atoms with E-state index in [1.165, 1.54) is 0 Å². The largest absolute Gasteiger partial charge is 0.381 e. The number of ether oxygens (including phenoxy) is 1. The molecular formula is C13H26N2O2. The van der Waals surface area contributed by atoms with Crippen molar-refractivity contribution in [1.29, 1.82) is 0 Å². The summed E-state index contributed by atoms with van der Waals surface area (Å²) in [6.45, 7) is 7.41. The minimum Gasteiger partial charge on any atom is -0.381 e. The van der Waals surface area contributed by atoms with E-state index in [9.17, 15) is 4.79 Å². The van der Waals surface area contributed by atoms with Gasteiger partial charge in [-0.1, -0.05) is 13.8 Å². The van der Waals surface area contributed by atoms with Crippen LogP contribution in [-0.2, 0) is 9.53 Å². The lowest BCUT2D eigenvalue weighted by molar-refractivity contribution is -0.121. The molecule has 1 amide bonds. The van der Waals surface area contributed by atoms with Gasteiger partial charge in [0.25, 0.3) is 0 Å². The quantitative estimate of drug-likeness (QED) is 0.707. The normalized spacial score (nSPS) is 20.5. The molecule has 1 saturated heterocycles. The molecule has 0 radical (unpaired) electrons. The molecule has 1 rings (SSSR count). The summed E-state index contributed by atoms with van der Waals surface area (Å²) in [6.07, 6.45) is 3.54. The fourth-order valence-electron chi connectivity index (χ4n) is 2.06. The van der Waals surface area contributed by atoms with E-state index in [2.05, 4.69) is 19.2 Å². The highest BCUT2D eigenvalue weighted by atomic mass is 16.5. The van der Waals surface area contributed by atoms with Gasteiger partial charge in [0.1, 0.15) is 0 Å². The zero-order valence-electron chi connectivity index (χ0n) is 11.1. The molecular weight excluding hydrogens is 216 g/mol. The van der Waals surface area contributed by atoms with Gasteiger partial charge in [0, 0.05) is 25.5 Å². The van der Waals surface area contributed by atoms with E-state index in [1.54, 1.807) is 0 Å². The van der Waals surface area contributed by atoms with Crippen molar-refractivity contribution >= 4 is 5.91 Å². The molecule has 0 spiro atoms. The predicted molar refractivity (Wildman–Crippen MR) is 68.6 cm³/mol. The van der Waals surface area contributed by atoms with Crippen molar-refractivity contribution in [3.8, 4) is 0 Å². The first-order valence-electron chi connectivity index (χ1n) is 6.58. The SMILES string of the molecule is CC(C)(CCN)CCC(=O)NCC1CCOC1. The third-order valence-electron chi connectivity index (χ3n) is 3.46. The maximum Gasteiger partial charge on any atom is 0.220 e. The van der Waals surface area contributed by atoms with E-state index in [4.69, 9.17) is 10.5 Å². The van der Waals surface area contributed by atoms with Crippen LogP contribution in [0.4, 0.5) is 0 Å². The van der Waals surface area contributed by atoms with Gasteiger partial charge in [-0.2, -0.15) is 0 Å². The van der Waals surface area contributed by atoms with Crippen molar-refractivity contribution in [2.45, 2.75) is 39.5 Å². The smallest absolute Gasteiger partial charge is 0.220 e. The minimum atomic E-state index is 0.155. The Balaban J connectivity index is 2.11. The summed E-state index contributed by atoms with van der Waals surface area (Å²) in [5, 5.41) is 2.99. The van der Waals surface area contributed by atoms with Crippen LogP contribution in [0.2, 0.25) is 0 Å². The third-order valence-corrected chi connectivity index (χ3v) is 3.46. The Morgan fingerprint density at radius 2 is 2.24 bits per heavy atom. The van der Waals surface area contributed by atoms with Crippen molar-refractivity contribution in [1.82, 2.24) is 5.32 Å². The Morgan fingerprint density at radius 1 is 1.47 bits per heavy atom. The van der Waals surface area contributed by atoms with Crippen molar-refractivity contribution in [2.24, 2.45) is 17.1 Å². The van der Waals surface area contributed by atoms with Crippen molar-refractivity contribution in [2.75, 3.05) is 26.3 Å².